The van der Waals surface area contributed by atoms with Gasteiger partial charge in [-0.15, -0.1) is 0 Å². The van der Waals surface area contributed by atoms with Crippen molar-refractivity contribution in [2.45, 2.75) is 26.7 Å². The first-order valence-electron chi connectivity index (χ1n) is 7.54. The summed E-state index contributed by atoms with van der Waals surface area (Å²) in [4.78, 5) is 34.3. The number of unbranched alkanes of at least 4 members (excludes halogenated alkanes) is 1. The zero-order chi connectivity index (χ0) is 17.1. The maximum atomic E-state index is 11.8. The molecule has 0 atom stereocenters. The predicted octanol–water partition coefficient (Wildman–Crippen LogP) is 1.87. The lowest BCUT2D eigenvalue weighted by atomic mass is 10.2. The maximum Gasteiger partial charge on any atom is 0.338 e. The van der Waals surface area contributed by atoms with Crippen LogP contribution in [0.15, 0.2) is 24.3 Å². The molecule has 0 radical (unpaired) electrons. The summed E-state index contributed by atoms with van der Waals surface area (Å²) in [5, 5.41) is 4.44. The molecule has 0 aromatic heterocycles. The summed E-state index contributed by atoms with van der Waals surface area (Å²) in [6.07, 6.45) is 2.01. The van der Waals surface area contributed by atoms with E-state index in [1.54, 1.807) is 31.2 Å². The number of esters is 1. The molecular weight excluding hydrogens is 300 g/mol. The topological polar surface area (TPSA) is 93.7 Å². The summed E-state index contributed by atoms with van der Waals surface area (Å²) in [5.41, 5.74) is 0.304. The van der Waals surface area contributed by atoms with E-state index in [0.29, 0.717) is 24.5 Å². The molecule has 0 saturated carbocycles. The van der Waals surface area contributed by atoms with Crippen LogP contribution < -0.4 is 15.4 Å². The van der Waals surface area contributed by atoms with Gasteiger partial charge in [0.15, 0.2) is 6.61 Å². The van der Waals surface area contributed by atoms with Crippen LogP contribution in [0.1, 0.15) is 37.0 Å². The van der Waals surface area contributed by atoms with E-state index >= 15 is 0 Å². The van der Waals surface area contributed by atoms with E-state index < -0.39 is 24.5 Å². The largest absolute Gasteiger partial charge is 0.494 e. The molecule has 7 heteroatoms. The van der Waals surface area contributed by atoms with Crippen LogP contribution in [-0.4, -0.2) is 37.7 Å². The Bertz CT molecular complexity index is 528. The third-order valence-corrected chi connectivity index (χ3v) is 2.78. The second-order valence-electron chi connectivity index (χ2n) is 4.71. The van der Waals surface area contributed by atoms with E-state index in [4.69, 9.17) is 9.47 Å². The number of rotatable bonds is 8. The highest BCUT2D eigenvalue weighted by Crippen LogP contribution is 2.13. The molecule has 1 aromatic rings. The Balaban J connectivity index is 2.39. The van der Waals surface area contributed by atoms with Crippen molar-refractivity contribution in [3.8, 4) is 5.75 Å². The van der Waals surface area contributed by atoms with Crippen LogP contribution >= 0.6 is 0 Å². The Morgan fingerprint density at radius 1 is 1.09 bits per heavy atom. The summed E-state index contributed by atoms with van der Waals surface area (Å²) in [6, 6.07) is 5.83. The quantitative estimate of drug-likeness (QED) is 0.563. The van der Waals surface area contributed by atoms with Crippen LogP contribution in [0.4, 0.5) is 4.79 Å². The Hall–Kier alpha value is -2.57. The highest BCUT2D eigenvalue weighted by molar-refractivity contribution is 5.97. The molecule has 0 bridgehead atoms. The molecule has 0 fully saturated rings. The van der Waals surface area contributed by atoms with Crippen LogP contribution in [0.25, 0.3) is 0 Å². The van der Waals surface area contributed by atoms with Gasteiger partial charge >= 0.3 is 12.0 Å². The number of imide groups is 1. The number of benzene rings is 1. The maximum absolute atomic E-state index is 11.8. The van der Waals surface area contributed by atoms with Crippen molar-refractivity contribution in [1.29, 1.82) is 0 Å². The van der Waals surface area contributed by atoms with Crippen LogP contribution in [-0.2, 0) is 9.53 Å². The molecule has 0 saturated heterocycles. The number of hydrogen-bond acceptors (Lipinski definition) is 5. The molecule has 0 heterocycles. The molecule has 0 aliphatic carbocycles. The van der Waals surface area contributed by atoms with E-state index in [1.165, 1.54) is 0 Å². The Labute approximate surface area is 135 Å². The monoisotopic (exact) mass is 322 g/mol. The van der Waals surface area contributed by atoms with Crippen molar-refractivity contribution in [3.05, 3.63) is 29.8 Å². The number of amides is 3. The van der Waals surface area contributed by atoms with Gasteiger partial charge < -0.3 is 14.8 Å². The fourth-order valence-electron chi connectivity index (χ4n) is 1.60. The number of urea groups is 1. The van der Waals surface area contributed by atoms with Crippen LogP contribution in [0, 0.1) is 0 Å². The lowest BCUT2D eigenvalue weighted by Gasteiger charge is -2.07. The normalized spacial score (nSPS) is 9.83. The van der Waals surface area contributed by atoms with Gasteiger partial charge in [0.25, 0.3) is 5.91 Å². The third kappa shape index (κ3) is 7.30. The van der Waals surface area contributed by atoms with Crippen molar-refractivity contribution < 1.29 is 23.9 Å². The van der Waals surface area contributed by atoms with Crippen LogP contribution in [0.2, 0.25) is 0 Å². The molecule has 23 heavy (non-hydrogen) atoms. The SMILES string of the molecule is CCCCOc1ccc(C(=O)OCC(=O)NC(=O)NCC)cc1. The average Bonchev–Trinajstić information content (AvgIpc) is 2.53. The van der Waals surface area contributed by atoms with Crippen molar-refractivity contribution in [1.82, 2.24) is 10.6 Å². The summed E-state index contributed by atoms with van der Waals surface area (Å²) < 4.78 is 10.3. The Morgan fingerprint density at radius 2 is 1.78 bits per heavy atom. The fraction of sp³-hybridized carbons (Fsp3) is 0.438. The van der Waals surface area contributed by atoms with Crippen molar-refractivity contribution in [3.63, 3.8) is 0 Å². The Kier molecular flexibility index (Phi) is 8.20. The molecule has 1 aromatic carbocycles. The molecule has 126 valence electrons. The minimum absolute atomic E-state index is 0.304. The van der Waals surface area contributed by atoms with Gasteiger partial charge in [0.1, 0.15) is 5.75 Å². The van der Waals surface area contributed by atoms with Gasteiger partial charge in [-0.05, 0) is 37.6 Å². The second-order valence-corrected chi connectivity index (χ2v) is 4.71. The molecule has 3 amide bonds. The Morgan fingerprint density at radius 3 is 2.39 bits per heavy atom. The fourth-order valence-corrected chi connectivity index (χ4v) is 1.60. The first kappa shape index (κ1) is 18.5. The molecule has 0 spiro atoms. The number of ether oxygens (including phenoxy) is 2. The van der Waals surface area contributed by atoms with Crippen molar-refractivity contribution in [2.24, 2.45) is 0 Å². The number of nitrogens with one attached hydrogen (secondary N) is 2. The summed E-state index contributed by atoms with van der Waals surface area (Å²) >= 11 is 0. The molecule has 0 aliphatic rings. The van der Waals surface area contributed by atoms with Crippen LogP contribution in [0.3, 0.4) is 0 Å². The van der Waals surface area contributed by atoms with Gasteiger partial charge in [0.05, 0.1) is 12.2 Å². The first-order valence-corrected chi connectivity index (χ1v) is 7.54. The van der Waals surface area contributed by atoms with Crippen molar-refractivity contribution >= 4 is 17.9 Å². The zero-order valence-corrected chi connectivity index (χ0v) is 13.4. The number of carbonyl (C=O) groups excluding carboxylic acids is 3. The molecular formula is C16H22N2O5. The molecule has 7 nitrogen and oxygen atoms in total. The second kappa shape index (κ2) is 10.2. The van der Waals surface area contributed by atoms with Gasteiger partial charge in [-0.1, -0.05) is 13.3 Å². The number of hydrogen-bond donors (Lipinski definition) is 2. The van der Waals surface area contributed by atoms with Gasteiger partial charge in [-0.25, -0.2) is 9.59 Å². The zero-order valence-electron chi connectivity index (χ0n) is 13.4. The van der Waals surface area contributed by atoms with Gasteiger partial charge in [0.2, 0.25) is 0 Å². The summed E-state index contributed by atoms with van der Waals surface area (Å²) in [6.45, 7) is 4.29. The van der Waals surface area contributed by atoms with Crippen LogP contribution in [0.5, 0.6) is 5.75 Å². The van der Waals surface area contributed by atoms with E-state index in [0.717, 1.165) is 12.8 Å². The van der Waals surface area contributed by atoms with Gasteiger partial charge in [-0.2, -0.15) is 0 Å². The predicted molar refractivity (Wildman–Crippen MR) is 84.3 cm³/mol. The molecule has 0 aliphatic heterocycles. The third-order valence-electron chi connectivity index (χ3n) is 2.78. The lowest BCUT2D eigenvalue weighted by Crippen LogP contribution is -2.41. The summed E-state index contributed by atoms with van der Waals surface area (Å²) in [5.74, 6) is -0.663. The van der Waals surface area contributed by atoms with Gasteiger partial charge in [-0.3, -0.25) is 10.1 Å². The smallest absolute Gasteiger partial charge is 0.338 e. The molecule has 0 unspecified atom stereocenters. The standard InChI is InChI=1S/C16H22N2O5/c1-3-5-10-22-13-8-6-12(7-9-13)15(20)23-11-14(19)18-16(21)17-4-2/h6-9H,3-5,10-11H2,1-2H3,(H2,17,18,19,21). The molecule has 1 rings (SSSR count). The van der Waals surface area contributed by atoms with E-state index in [2.05, 4.69) is 12.2 Å². The van der Waals surface area contributed by atoms with E-state index in [-0.39, 0.29) is 0 Å². The first-order chi connectivity index (χ1) is 11.1. The van der Waals surface area contributed by atoms with E-state index in [9.17, 15) is 14.4 Å². The van der Waals surface area contributed by atoms with Gasteiger partial charge in [0, 0.05) is 6.54 Å². The molecule has 2 N–H and O–H groups in total. The highest BCUT2D eigenvalue weighted by atomic mass is 16.5. The van der Waals surface area contributed by atoms with E-state index in [1.807, 2.05) is 5.32 Å². The lowest BCUT2D eigenvalue weighted by molar-refractivity contribution is -0.123. The number of carbonyl (C=O) groups is 3. The highest BCUT2D eigenvalue weighted by Gasteiger charge is 2.12. The average molecular weight is 322 g/mol. The summed E-state index contributed by atoms with van der Waals surface area (Å²) in [7, 11) is 0. The minimum Gasteiger partial charge on any atom is -0.494 e. The van der Waals surface area contributed by atoms with Crippen molar-refractivity contribution in [2.75, 3.05) is 19.8 Å². The minimum atomic E-state index is -0.691.